The molecule has 25 heavy (non-hydrogen) atoms. The summed E-state index contributed by atoms with van der Waals surface area (Å²) in [5, 5.41) is 4.26. The van der Waals surface area contributed by atoms with Crippen LogP contribution in [0.3, 0.4) is 0 Å². The first-order valence-corrected chi connectivity index (χ1v) is 9.23. The zero-order valence-electron chi connectivity index (χ0n) is 14.6. The number of fused-ring (bicyclic) bond motifs is 2. The molecule has 1 aliphatic heterocycles. The molecule has 4 nitrogen and oxygen atoms in total. The van der Waals surface area contributed by atoms with Crippen LogP contribution in [0, 0.1) is 5.92 Å². The molecular formula is C21H23N3O. The zero-order chi connectivity index (χ0) is 17.0. The third-order valence-corrected chi connectivity index (χ3v) is 6.31. The van der Waals surface area contributed by atoms with Crippen molar-refractivity contribution in [1.29, 1.82) is 0 Å². The van der Waals surface area contributed by atoms with Gasteiger partial charge in [-0.25, -0.2) is 0 Å². The Balaban J connectivity index is 1.34. The summed E-state index contributed by atoms with van der Waals surface area (Å²) in [6, 6.07) is 8.71. The predicted molar refractivity (Wildman–Crippen MR) is 96.9 cm³/mol. The monoisotopic (exact) mass is 333 g/mol. The van der Waals surface area contributed by atoms with E-state index in [-0.39, 0.29) is 11.3 Å². The molecule has 0 saturated heterocycles. The molecule has 1 amide bonds. The van der Waals surface area contributed by atoms with Crippen molar-refractivity contribution in [3.8, 4) is 0 Å². The number of aryl methyl sites for hydroxylation is 2. The van der Waals surface area contributed by atoms with E-state index in [1.165, 1.54) is 16.7 Å². The normalized spacial score (nSPS) is 27.3. The molecule has 128 valence electrons. The van der Waals surface area contributed by atoms with Crippen LogP contribution in [0.25, 0.3) is 5.57 Å². The maximum absolute atomic E-state index is 13.2. The number of hydrogen-bond donors (Lipinski definition) is 0. The van der Waals surface area contributed by atoms with E-state index in [1.54, 1.807) is 0 Å². The Labute approximate surface area is 148 Å². The lowest BCUT2D eigenvalue weighted by atomic mass is 9.94. The van der Waals surface area contributed by atoms with Crippen LogP contribution >= 0.6 is 0 Å². The van der Waals surface area contributed by atoms with E-state index in [4.69, 9.17) is 0 Å². The number of hydrogen-bond acceptors (Lipinski definition) is 2. The minimum atomic E-state index is 0.142. The van der Waals surface area contributed by atoms with Gasteiger partial charge < -0.3 is 4.90 Å². The van der Waals surface area contributed by atoms with E-state index in [9.17, 15) is 4.79 Å². The van der Waals surface area contributed by atoms with Gasteiger partial charge in [-0.05, 0) is 42.4 Å². The van der Waals surface area contributed by atoms with Gasteiger partial charge in [0, 0.05) is 43.2 Å². The summed E-state index contributed by atoms with van der Waals surface area (Å²) in [5.74, 6) is 0.538. The maximum atomic E-state index is 13.2. The number of rotatable bonds is 2. The molecule has 5 rings (SSSR count). The fraction of sp³-hybridized carbons (Fsp3) is 0.429. The summed E-state index contributed by atoms with van der Waals surface area (Å²) in [6.07, 6.45) is 10.4. The van der Waals surface area contributed by atoms with Gasteiger partial charge in [0.25, 0.3) is 0 Å². The molecule has 0 radical (unpaired) electrons. The Morgan fingerprint density at radius 2 is 2.20 bits per heavy atom. The standard InChI is InChI=1S/C21H23N3O/c1-23-13-17(12-22-23)16-6-4-10-24(14-16)20(25)19-11-21(19)9-8-15-5-2-3-7-18(15)21/h2-3,5-7,12-13,19H,4,8-11,14H2,1H3. The summed E-state index contributed by atoms with van der Waals surface area (Å²) in [7, 11) is 1.93. The number of benzene rings is 1. The van der Waals surface area contributed by atoms with Crippen molar-refractivity contribution in [2.45, 2.75) is 31.1 Å². The van der Waals surface area contributed by atoms with Crippen molar-refractivity contribution >= 4 is 11.5 Å². The van der Waals surface area contributed by atoms with Gasteiger partial charge >= 0.3 is 0 Å². The molecule has 0 bridgehead atoms. The predicted octanol–water partition coefficient (Wildman–Crippen LogP) is 2.94. The summed E-state index contributed by atoms with van der Waals surface area (Å²) in [4.78, 5) is 15.3. The average molecular weight is 333 g/mol. The van der Waals surface area contributed by atoms with Crippen molar-refractivity contribution in [1.82, 2.24) is 14.7 Å². The Morgan fingerprint density at radius 3 is 3.04 bits per heavy atom. The van der Waals surface area contributed by atoms with Crippen LogP contribution in [0.5, 0.6) is 0 Å². The number of nitrogens with zero attached hydrogens (tertiary/aromatic N) is 3. The maximum Gasteiger partial charge on any atom is 0.226 e. The highest BCUT2D eigenvalue weighted by Gasteiger charge is 2.62. The van der Waals surface area contributed by atoms with E-state index in [0.717, 1.165) is 44.3 Å². The zero-order valence-corrected chi connectivity index (χ0v) is 14.6. The smallest absolute Gasteiger partial charge is 0.226 e. The summed E-state index contributed by atoms with van der Waals surface area (Å²) in [5.41, 5.74) is 5.40. The van der Waals surface area contributed by atoms with E-state index >= 15 is 0 Å². The SMILES string of the molecule is Cn1cc(C2=CCCN(C(=O)C3CC34CCc3ccccc34)C2)cn1. The van der Waals surface area contributed by atoms with E-state index in [1.807, 2.05) is 24.1 Å². The topological polar surface area (TPSA) is 38.1 Å². The highest BCUT2D eigenvalue weighted by molar-refractivity contribution is 5.87. The van der Waals surface area contributed by atoms with Crippen LogP contribution in [0.15, 0.2) is 42.7 Å². The molecule has 2 aliphatic carbocycles. The quantitative estimate of drug-likeness (QED) is 0.847. The Hall–Kier alpha value is -2.36. The van der Waals surface area contributed by atoms with Gasteiger partial charge in [-0.2, -0.15) is 5.10 Å². The van der Waals surface area contributed by atoms with Gasteiger partial charge in [0.2, 0.25) is 5.91 Å². The van der Waals surface area contributed by atoms with Gasteiger partial charge in [0.1, 0.15) is 0 Å². The van der Waals surface area contributed by atoms with Gasteiger partial charge in [-0.1, -0.05) is 30.3 Å². The third-order valence-electron chi connectivity index (χ3n) is 6.31. The molecular weight excluding hydrogens is 310 g/mol. The largest absolute Gasteiger partial charge is 0.338 e. The van der Waals surface area contributed by atoms with Gasteiger partial charge in [0.15, 0.2) is 0 Å². The third kappa shape index (κ3) is 2.27. The van der Waals surface area contributed by atoms with Gasteiger partial charge in [-0.3, -0.25) is 9.48 Å². The van der Waals surface area contributed by atoms with Gasteiger partial charge in [0.05, 0.1) is 6.20 Å². The van der Waals surface area contributed by atoms with Gasteiger partial charge in [-0.15, -0.1) is 0 Å². The van der Waals surface area contributed by atoms with E-state index in [0.29, 0.717) is 5.91 Å². The number of carbonyl (C=O) groups is 1. The second-order valence-corrected chi connectivity index (χ2v) is 7.75. The molecule has 1 saturated carbocycles. The lowest BCUT2D eigenvalue weighted by Crippen LogP contribution is -2.37. The lowest BCUT2D eigenvalue weighted by molar-refractivity contribution is -0.132. The molecule has 2 heterocycles. The van der Waals surface area contributed by atoms with Crippen molar-refractivity contribution in [3.05, 3.63) is 59.4 Å². The Kier molecular flexibility index (Phi) is 3.18. The first kappa shape index (κ1) is 14.9. The minimum absolute atomic E-state index is 0.142. The molecule has 1 aromatic carbocycles. The molecule has 2 atom stereocenters. The van der Waals surface area contributed by atoms with Crippen molar-refractivity contribution in [2.24, 2.45) is 13.0 Å². The molecule has 2 aromatic rings. The molecule has 1 aromatic heterocycles. The van der Waals surface area contributed by atoms with E-state index < -0.39 is 0 Å². The summed E-state index contributed by atoms with van der Waals surface area (Å²) >= 11 is 0. The minimum Gasteiger partial charge on any atom is -0.338 e. The summed E-state index contributed by atoms with van der Waals surface area (Å²) in [6.45, 7) is 1.57. The second kappa shape index (κ2) is 5.32. The number of carbonyl (C=O) groups excluding carboxylic acids is 1. The number of amides is 1. The van der Waals surface area contributed by atoms with Crippen LogP contribution in [0.4, 0.5) is 0 Å². The number of aromatic nitrogens is 2. The highest BCUT2D eigenvalue weighted by atomic mass is 16.2. The Bertz CT molecular complexity index is 881. The van der Waals surface area contributed by atoms with Crippen LogP contribution in [0.1, 0.15) is 36.0 Å². The average Bonchev–Trinajstić information content (AvgIpc) is 3.01. The van der Waals surface area contributed by atoms with Crippen molar-refractivity contribution in [3.63, 3.8) is 0 Å². The first-order chi connectivity index (χ1) is 12.2. The van der Waals surface area contributed by atoms with E-state index in [2.05, 4.69) is 40.3 Å². The fourth-order valence-electron chi connectivity index (χ4n) is 4.87. The Morgan fingerprint density at radius 1 is 1.32 bits per heavy atom. The fourth-order valence-corrected chi connectivity index (χ4v) is 4.87. The van der Waals surface area contributed by atoms with Crippen LogP contribution in [-0.2, 0) is 23.7 Å². The first-order valence-electron chi connectivity index (χ1n) is 9.23. The van der Waals surface area contributed by atoms with Crippen LogP contribution < -0.4 is 0 Å². The van der Waals surface area contributed by atoms with Crippen molar-refractivity contribution < 1.29 is 4.79 Å². The molecule has 4 heteroatoms. The van der Waals surface area contributed by atoms with Crippen LogP contribution in [-0.4, -0.2) is 33.7 Å². The molecule has 2 unspecified atom stereocenters. The molecule has 1 spiro atoms. The highest BCUT2D eigenvalue weighted by Crippen LogP contribution is 2.62. The summed E-state index contributed by atoms with van der Waals surface area (Å²) < 4.78 is 1.82. The second-order valence-electron chi connectivity index (χ2n) is 7.75. The van der Waals surface area contributed by atoms with Crippen molar-refractivity contribution in [2.75, 3.05) is 13.1 Å². The molecule has 3 aliphatic rings. The lowest BCUT2D eigenvalue weighted by Gasteiger charge is -2.28. The molecule has 1 fully saturated rings. The van der Waals surface area contributed by atoms with Crippen LogP contribution in [0.2, 0.25) is 0 Å². The molecule has 0 N–H and O–H groups in total.